The van der Waals surface area contributed by atoms with Gasteiger partial charge in [0.1, 0.15) is 12.6 Å². The fourth-order valence-corrected chi connectivity index (χ4v) is 5.23. The molecule has 3 aromatic rings. The highest BCUT2D eigenvalue weighted by molar-refractivity contribution is 6.25. The Morgan fingerprint density at radius 1 is 0.826 bits per heavy atom. The standard InChI is InChI=1S/C35H39N3O8/c1-4-46-29(39)18-36-35(44)32(41)28(20-45-19-22-11-6-5-7-12-22)38-34(43)27(17-21(2)3)37-33(42)26-16-10-15-24-23-13-8-9-14-25(23)31(40)30(24)26/h5-16,21,27-28,32,41H,4,17-20H2,1-3H3,(H,36,44)(H,37,42)(H,38,43)/t27-,28?,32?/m1/s1. The maximum absolute atomic E-state index is 13.7. The van der Waals surface area contributed by atoms with Crippen molar-refractivity contribution in [3.63, 3.8) is 0 Å². The lowest BCUT2D eigenvalue weighted by molar-refractivity contribution is -0.145. The Hall–Kier alpha value is -4.87. The molecular formula is C35H39N3O8. The molecule has 1 aliphatic carbocycles. The van der Waals surface area contributed by atoms with E-state index < -0.39 is 48.4 Å². The lowest BCUT2D eigenvalue weighted by Gasteiger charge is -2.27. The molecule has 0 heterocycles. The summed E-state index contributed by atoms with van der Waals surface area (Å²) in [6, 6.07) is 19.0. The third-order valence-corrected chi connectivity index (χ3v) is 7.43. The third kappa shape index (κ3) is 8.43. The Kier molecular flexibility index (Phi) is 11.8. The second kappa shape index (κ2) is 15.9. The molecular weight excluding hydrogens is 590 g/mol. The molecule has 242 valence electrons. The predicted molar refractivity (Wildman–Crippen MR) is 170 cm³/mol. The van der Waals surface area contributed by atoms with Gasteiger partial charge in [0.25, 0.3) is 11.8 Å². The van der Waals surface area contributed by atoms with Gasteiger partial charge >= 0.3 is 5.97 Å². The highest BCUT2D eigenvalue weighted by Gasteiger charge is 2.34. The highest BCUT2D eigenvalue weighted by atomic mass is 16.5. The molecule has 0 aliphatic heterocycles. The summed E-state index contributed by atoms with van der Waals surface area (Å²) in [7, 11) is 0. The van der Waals surface area contributed by atoms with E-state index in [9.17, 15) is 29.1 Å². The number of fused-ring (bicyclic) bond motifs is 3. The van der Waals surface area contributed by atoms with Crippen molar-refractivity contribution >= 4 is 29.5 Å². The number of hydrogen-bond donors (Lipinski definition) is 4. The minimum absolute atomic E-state index is 0.0333. The van der Waals surface area contributed by atoms with Gasteiger partial charge in [0.15, 0.2) is 11.9 Å². The molecule has 3 atom stereocenters. The summed E-state index contributed by atoms with van der Waals surface area (Å²) in [5, 5.41) is 18.7. The number of carbonyl (C=O) groups is 5. The largest absolute Gasteiger partial charge is 0.465 e. The number of benzene rings is 3. The molecule has 0 spiro atoms. The van der Waals surface area contributed by atoms with Crippen LogP contribution >= 0.6 is 0 Å². The molecule has 0 saturated carbocycles. The van der Waals surface area contributed by atoms with Crippen molar-refractivity contribution in [1.82, 2.24) is 16.0 Å². The van der Waals surface area contributed by atoms with Crippen molar-refractivity contribution < 1.29 is 38.6 Å². The van der Waals surface area contributed by atoms with E-state index in [4.69, 9.17) is 9.47 Å². The van der Waals surface area contributed by atoms with Crippen LogP contribution in [-0.4, -0.2) is 72.5 Å². The first-order valence-corrected chi connectivity index (χ1v) is 15.2. The summed E-state index contributed by atoms with van der Waals surface area (Å²) < 4.78 is 10.6. The molecule has 4 rings (SSSR count). The number of nitrogens with one attached hydrogen (secondary N) is 3. The fourth-order valence-electron chi connectivity index (χ4n) is 5.23. The zero-order chi connectivity index (χ0) is 33.2. The van der Waals surface area contributed by atoms with E-state index in [-0.39, 0.29) is 49.1 Å². The molecule has 11 nitrogen and oxygen atoms in total. The molecule has 3 amide bonds. The number of amides is 3. The maximum Gasteiger partial charge on any atom is 0.325 e. The highest BCUT2D eigenvalue weighted by Crippen LogP contribution is 2.38. The van der Waals surface area contributed by atoms with E-state index in [2.05, 4.69) is 16.0 Å². The van der Waals surface area contributed by atoms with Gasteiger partial charge in [0.2, 0.25) is 5.91 Å². The molecule has 3 aromatic carbocycles. The number of esters is 1. The number of hydrogen-bond acceptors (Lipinski definition) is 8. The van der Waals surface area contributed by atoms with Crippen molar-refractivity contribution in [3.05, 3.63) is 95.1 Å². The van der Waals surface area contributed by atoms with Crippen LogP contribution < -0.4 is 16.0 Å². The summed E-state index contributed by atoms with van der Waals surface area (Å²) in [6.07, 6.45) is -1.57. The zero-order valence-corrected chi connectivity index (χ0v) is 26.1. The topological polar surface area (TPSA) is 160 Å². The average Bonchev–Trinajstić information content (AvgIpc) is 3.34. The SMILES string of the molecule is CCOC(=O)CNC(=O)C(O)C(COCc1ccccc1)NC(=O)[C@@H](CC(C)C)NC(=O)c1cccc2c1C(=O)c1ccccc1-2. The maximum atomic E-state index is 13.7. The monoisotopic (exact) mass is 629 g/mol. The molecule has 0 bridgehead atoms. The summed E-state index contributed by atoms with van der Waals surface area (Å²) in [4.78, 5) is 65.1. The molecule has 1 aliphatic rings. The quantitative estimate of drug-likeness (QED) is 0.146. The number of aliphatic hydroxyl groups excluding tert-OH is 1. The zero-order valence-electron chi connectivity index (χ0n) is 26.1. The Bertz CT molecular complexity index is 1570. The van der Waals surface area contributed by atoms with E-state index in [1.54, 1.807) is 37.3 Å². The normalized spacial score (nSPS) is 13.6. The smallest absolute Gasteiger partial charge is 0.325 e. The first kappa shape index (κ1) is 34.0. The van der Waals surface area contributed by atoms with Crippen molar-refractivity contribution in [1.29, 1.82) is 0 Å². The minimum atomic E-state index is -1.79. The third-order valence-electron chi connectivity index (χ3n) is 7.43. The Balaban J connectivity index is 1.51. The number of rotatable bonds is 15. The predicted octanol–water partition coefficient (Wildman–Crippen LogP) is 2.78. The molecule has 46 heavy (non-hydrogen) atoms. The minimum Gasteiger partial charge on any atom is -0.465 e. The van der Waals surface area contributed by atoms with Crippen LogP contribution in [0.3, 0.4) is 0 Å². The van der Waals surface area contributed by atoms with E-state index in [0.717, 1.165) is 11.1 Å². The number of carbonyl (C=O) groups excluding carboxylic acids is 5. The Morgan fingerprint density at radius 3 is 2.20 bits per heavy atom. The molecule has 0 fully saturated rings. The van der Waals surface area contributed by atoms with Gasteiger partial charge in [-0.2, -0.15) is 0 Å². The fraction of sp³-hybridized carbons (Fsp3) is 0.343. The molecule has 0 radical (unpaired) electrons. The molecule has 0 aromatic heterocycles. The lowest BCUT2D eigenvalue weighted by atomic mass is 9.98. The number of aliphatic hydroxyl groups is 1. The first-order chi connectivity index (χ1) is 22.1. The van der Waals surface area contributed by atoms with Crippen LogP contribution in [0, 0.1) is 5.92 Å². The molecule has 11 heteroatoms. The van der Waals surface area contributed by atoms with Gasteiger partial charge in [-0.1, -0.05) is 80.6 Å². The van der Waals surface area contributed by atoms with E-state index in [1.165, 1.54) is 0 Å². The van der Waals surface area contributed by atoms with E-state index in [1.807, 2.05) is 56.3 Å². The van der Waals surface area contributed by atoms with Gasteiger partial charge in [0.05, 0.1) is 31.4 Å². The van der Waals surface area contributed by atoms with Crippen LogP contribution in [-0.2, 0) is 30.5 Å². The van der Waals surface area contributed by atoms with Gasteiger partial charge < -0.3 is 30.5 Å². The summed E-state index contributed by atoms with van der Waals surface area (Å²) in [5.41, 5.74) is 3.13. The first-order valence-electron chi connectivity index (χ1n) is 15.2. The van der Waals surface area contributed by atoms with E-state index >= 15 is 0 Å². The van der Waals surface area contributed by atoms with Gasteiger partial charge in [-0.15, -0.1) is 0 Å². The van der Waals surface area contributed by atoms with Crippen LogP contribution in [0.1, 0.15) is 59.0 Å². The molecule has 2 unspecified atom stereocenters. The Morgan fingerprint density at radius 2 is 1.50 bits per heavy atom. The second-order valence-corrected chi connectivity index (χ2v) is 11.3. The summed E-state index contributed by atoms with van der Waals surface area (Å²) >= 11 is 0. The summed E-state index contributed by atoms with van der Waals surface area (Å²) in [6.45, 7) is 4.93. The summed E-state index contributed by atoms with van der Waals surface area (Å²) in [5.74, 6) is -3.16. The molecule has 0 saturated heterocycles. The van der Waals surface area contributed by atoms with Crippen molar-refractivity contribution in [2.24, 2.45) is 5.92 Å². The van der Waals surface area contributed by atoms with Gasteiger partial charge in [-0.25, -0.2) is 0 Å². The van der Waals surface area contributed by atoms with Crippen molar-refractivity contribution in [3.8, 4) is 11.1 Å². The van der Waals surface area contributed by atoms with Gasteiger partial charge in [-0.05, 0) is 42.0 Å². The van der Waals surface area contributed by atoms with Gasteiger partial charge in [0, 0.05) is 11.1 Å². The van der Waals surface area contributed by atoms with Crippen LogP contribution in [0.4, 0.5) is 0 Å². The van der Waals surface area contributed by atoms with E-state index in [0.29, 0.717) is 11.1 Å². The van der Waals surface area contributed by atoms with Crippen LogP contribution in [0.5, 0.6) is 0 Å². The number of ketones is 1. The Labute approximate surface area is 267 Å². The lowest BCUT2D eigenvalue weighted by Crippen LogP contribution is -2.57. The molecule has 4 N–H and O–H groups in total. The average molecular weight is 630 g/mol. The number of ether oxygens (including phenoxy) is 2. The van der Waals surface area contributed by atoms with Crippen LogP contribution in [0.2, 0.25) is 0 Å². The van der Waals surface area contributed by atoms with Gasteiger partial charge in [-0.3, -0.25) is 24.0 Å². The van der Waals surface area contributed by atoms with Crippen molar-refractivity contribution in [2.75, 3.05) is 19.8 Å². The van der Waals surface area contributed by atoms with Crippen LogP contribution in [0.15, 0.2) is 72.8 Å². The van der Waals surface area contributed by atoms with Crippen LogP contribution in [0.25, 0.3) is 11.1 Å². The second-order valence-electron chi connectivity index (χ2n) is 11.3. The van der Waals surface area contributed by atoms with Crippen molar-refractivity contribution in [2.45, 2.75) is 52.0 Å².